The first-order valence-corrected chi connectivity index (χ1v) is 3.79. The zero-order valence-electron chi connectivity index (χ0n) is 6.66. The molecule has 2 aromatic carbocycles. The van der Waals surface area contributed by atoms with Gasteiger partial charge in [-0.2, -0.15) is 0 Å². The highest BCUT2D eigenvalue weighted by Gasteiger charge is 2.10. The van der Waals surface area contributed by atoms with Crippen LogP contribution in [-0.2, 0) is 0 Å². The van der Waals surface area contributed by atoms with E-state index in [-0.39, 0.29) is 0 Å². The third-order valence-electron chi connectivity index (χ3n) is 1.95. The van der Waals surface area contributed by atoms with Crippen molar-refractivity contribution < 1.29 is 14.6 Å². The van der Waals surface area contributed by atoms with Gasteiger partial charge < -0.3 is 10.2 Å². The molecule has 0 aliphatic rings. The van der Waals surface area contributed by atoms with E-state index in [0.717, 1.165) is 0 Å². The van der Waals surface area contributed by atoms with Gasteiger partial charge in [0.1, 0.15) is 0 Å². The Bertz CT molecular complexity index is 466. The Morgan fingerprint density at radius 1 is 1.00 bits per heavy atom. The number of benzene rings is 2. The molecular weight excluding hydrogens is 171 g/mol. The van der Waals surface area contributed by atoms with E-state index in [9.17, 15) is 9.50 Å². The molecule has 0 unspecified atom stereocenters. The van der Waals surface area contributed by atoms with Gasteiger partial charge in [0.2, 0.25) is 0 Å². The van der Waals surface area contributed by atoms with Crippen molar-refractivity contribution in [2.24, 2.45) is 0 Å². The first kappa shape index (κ1) is 7.86. The predicted octanol–water partition coefficient (Wildman–Crippen LogP) is 2.39. The third kappa shape index (κ3) is 1.09. The van der Waals surface area contributed by atoms with E-state index in [1.165, 1.54) is 6.07 Å². The summed E-state index contributed by atoms with van der Waals surface area (Å²) in [4.78, 5) is 0. The van der Waals surface area contributed by atoms with Gasteiger partial charge in [-0.25, -0.2) is 4.39 Å². The van der Waals surface area contributed by atoms with Crippen molar-refractivity contribution in [3.63, 3.8) is 0 Å². The molecule has 0 aromatic heterocycles. The van der Waals surface area contributed by atoms with Gasteiger partial charge in [0.15, 0.2) is 17.3 Å². The maximum absolute atomic E-state index is 12.9. The lowest BCUT2D eigenvalue weighted by Crippen LogP contribution is -1.80. The van der Waals surface area contributed by atoms with Gasteiger partial charge >= 0.3 is 0 Å². The molecule has 0 aliphatic heterocycles. The molecule has 66 valence electrons. The maximum atomic E-state index is 12.9. The minimum atomic E-state index is -0.809. The maximum Gasteiger partial charge on any atom is 0.194 e. The number of phenols is 2. The number of fused-ring (bicyclic) bond motifs is 1. The average Bonchev–Trinajstić information content (AvgIpc) is 2.15. The summed E-state index contributed by atoms with van der Waals surface area (Å²) in [6.45, 7) is 0. The van der Waals surface area contributed by atoms with Gasteiger partial charge in [-0.3, -0.25) is 0 Å². The molecule has 0 saturated carbocycles. The SMILES string of the molecule is Oc1c(F)cc2ccccc2c1O. The minimum Gasteiger partial charge on any atom is -0.504 e. The topological polar surface area (TPSA) is 40.5 Å². The van der Waals surface area contributed by atoms with Crippen molar-refractivity contribution in [1.82, 2.24) is 0 Å². The molecular formula is C10H7FO2. The largest absolute Gasteiger partial charge is 0.504 e. The Hall–Kier alpha value is -1.77. The van der Waals surface area contributed by atoms with Gasteiger partial charge in [0.05, 0.1) is 0 Å². The Morgan fingerprint density at radius 2 is 1.69 bits per heavy atom. The predicted molar refractivity (Wildman–Crippen MR) is 47.2 cm³/mol. The number of halogens is 1. The smallest absolute Gasteiger partial charge is 0.194 e. The second-order valence-corrected chi connectivity index (χ2v) is 2.78. The molecule has 0 bridgehead atoms. The highest BCUT2D eigenvalue weighted by molar-refractivity contribution is 5.90. The molecule has 0 saturated heterocycles. The Kier molecular flexibility index (Phi) is 1.59. The second kappa shape index (κ2) is 2.62. The molecule has 3 heteroatoms. The number of hydrogen-bond acceptors (Lipinski definition) is 2. The Morgan fingerprint density at radius 3 is 2.46 bits per heavy atom. The minimum absolute atomic E-state index is 0.407. The summed E-state index contributed by atoms with van der Waals surface area (Å²) < 4.78 is 12.9. The van der Waals surface area contributed by atoms with E-state index >= 15 is 0 Å². The molecule has 0 amide bonds. The summed E-state index contributed by atoms with van der Waals surface area (Å²) in [7, 11) is 0. The molecule has 2 aromatic rings. The number of rotatable bonds is 0. The number of phenolic OH excluding ortho intramolecular Hbond substituents is 2. The van der Waals surface area contributed by atoms with Crippen LogP contribution in [0, 0.1) is 5.82 Å². The molecule has 0 heterocycles. The van der Waals surface area contributed by atoms with Crippen LogP contribution in [0.5, 0.6) is 11.5 Å². The average molecular weight is 178 g/mol. The Balaban J connectivity index is 2.94. The lowest BCUT2D eigenvalue weighted by Gasteiger charge is -2.03. The van der Waals surface area contributed by atoms with Crippen LogP contribution >= 0.6 is 0 Å². The fourth-order valence-corrected chi connectivity index (χ4v) is 1.28. The summed E-state index contributed by atoms with van der Waals surface area (Å²) in [5.41, 5.74) is 0. The van der Waals surface area contributed by atoms with Crippen LogP contribution in [0.15, 0.2) is 30.3 Å². The van der Waals surface area contributed by atoms with Gasteiger partial charge in [-0.15, -0.1) is 0 Å². The first-order chi connectivity index (χ1) is 6.20. The molecule has 0 atom stereocenters. The molecule has 0 aliphatic carbocycles. The fourth-order valence-electron chi connectivity index (χ4n) is 1.28. The van der Waals surface area contributed by atoms with E-state index < -0.39 is 17.3 Å². The Labute approximate surface area is 73.9 Å². The first-order valence-electron chi connectivity index (χ1n) is 3.79. The molecule has 2 rings (SSSR count). The summed E-state index contributed by atoms with van der Waals surface area (Å²) >= 11 is 0. The molecule has 2 N–H and O–H groups in total. The van der Waals surface area contributed by atoms with Crippen LogP contribution in [0.25, 0.3) is 10.8 Å². The van der Waals surface area contributed by atoms with Crippen LogP contribution in [0.4, 0.5) is 4.39 Å². The lowest BCUT2D eigenvalue weighted by molar-refractivity contribution is 0.383. The standard InChI is InChI=1S/C10H7FO2/c11-8-5-6-3-1-2-4-7(6)9(12)10(8)13/h1-5,12-13H. The van der Waals surface area contributed by atoms with E-state index in [0.29, 0.717) is 10.8 Å². The lowest BCUT2D eigenvalue weighted by atomic mass is 10.1. The summed E-state index contributed by atoms with van der Waals surface area (Å²) in [5, 5.41) is 19.4. The van der Waals surface area contributed by atoms with Crippen LogP contribution in [0.2, 0.25) is 0 Å². The zero-order chi connectivity index (χ0) is 9.42. The zero-order valence-corrected chi connectivity index (χ0v) is 6.66. The molecule has 0 radical (unpaired) electrons. The summed E-state index contributed by atoms with van der Waals surface area (Å²) in [5.74, 6) is -1.91. The normalized spacial score (nSPS) is 10.5. The quantitative estimate of drug-likeness (QED) is 0.608. The van der Waals surface area contributed by atoms with E-state index in [1.54, 1.807) is 24.3 Å². The van der Waals surface area contributed by atoms with Gasteiger partial charge in [0, 0.05) is 5.39 Å². The highest BCUT2D eigenvalue weighted by atomic mass is 19.1. The summed E-state index contributed by atoms with van der Waals surface area (Å²) in [6.07, 6.45) is 0. The van der Waals surface area contributed by atoms with Crippen LogP contribution in [0.3, 0.4) is 0 Å². The monoisotopic (exact) mass is 178 g/mol. The number of aromatic hydroxyl groups is 2. The van der Waals surface area contributed by atoms with Gasteiger partial charge in [-0.05, 0) is 11.5 Å². The molecule has 13 heavy (non-hydrogen) atoms. The van der Waals surface area contributed by atoms with Crippen LogP contribution < -0.4 is 0 Å². The fraction of sp³-hybridized carbons (Fsp3) is 0. The van der Waals surface area contributed by atoms with Crippen molar-refractivity contribution >= 4 is 10.8 Å². The third-order valence-corrected chi connectivity index (χ3v) is 1.95. The molecule has 2 nitrogen and oxygen atoms in total. The van der Waals surface area contributed by atoms with Crippen molar-refractivity contribution in [2.75, 3.05) is 0 Å². The van der Waals surface area contributed by atoms with Crippen molar-refractivity contribution in [3.05, 3.63) is 36.1 Å². The number of hydrogen-bond donors (Lipinski definition) is 2. The van der Waals surface area contributed by atoms with Gasteiger partial charge in [-0.1, -0.05) is 24.3 Å². The molecule has 0 spiro atoms. The van der Waals surface area contributed by atoms with Crippen molar-refractivity contribution in [3.8, 4) is 11.5 Å². The second-order valence-electron chi connectivity index (χ2n) is 2.78. The van der Waals surface area contributed by atoms with E-state index in [1.807, 2.05) is 0 Å². The van der Waals surface area contributed by atoms with Gasteiger partial charge in [0.25, 0.3) is 0 Å². The van der Waals surface area contributed by atoms with Crippen molar-refractivity contribution in [2.45, 2.75) is 0 Å². The molecule has 0 fully saturated rings. The highest BCUT2D eigenvalue weighted by Crippen LogP contribution is 2.35. The summed E-state index contributed by atoms with van der Waals surface area (Å²) in [6, 6.07) is 7.91. The van der Waals surface area contributed by atoms with Crippen LogP contribution in [0.1, 0.15) is 0 Å². The van der Waals surface area contributed by atoms with Crippen molar-refractivity contribution in [1.29, 1.82) is 0 Å². The van der Waals surface area contributed by atoms with Crippen LogP contribution in [-0.4, -0.2) is 10.2 Å². The van der Waals surface area contributed by atoms with E-state index in [4.69, 9.17) is 5.11 Å². The van der Waals surface area contributed by atoms with E-state index in [2.05, 4.69) is 0 Å².